The Bertz CT molecular complexity index is 267. The standard InChI is InChI=1S/C13H24N2O/c1-10(13(2)6-7-13)15(3)12(16)11-5-4-8-14-9-11/h10-11,14H,4-9H2,1-3H3. The summed E-state index contributed by atoms with van der Waals surface area (Å²) in [5.41, 5.74) is 0.395. The Morgan fingerprint density at radius 2 is 2.19 bits per heavy atom. The Labute approximate surface area is 98.6 Å². The Kier molecular flexibility index (Phi) is 3.24. The van der Waals surface area contributed by atoms with E-state index in [1.807, 2.05) is 11.9 Å². The molecule has 3 nitrogen and oxygen atoms in total. The highest BCUT2D eigenvalue weighted by molar-refractivity contribution is 5.79. The second-order valence-corrected chi connectivity index (χ2v) is 5.82. The van der Waals surface area contributed by atoms with E-state index in [0.29, 0.717) is 17.4 Å². The third-order valence-corrected chi connectivity index (χ3v) is 4.62. The van der Waals surface area contributed by atoms with Gasteiger partial charge >= 0.3 is 0 Å². The highest BCUT2D eigenvalue weighted by Gasteiger charge is 2.45. The molecule has 1 saturated heterocycles. The molecule has 2 fully saturated rings. The van der Waals surface area contributed by atoms with Crippen molar-refractivity contribution in [3.05, 3.63) is 0 Å². The summed E-state index contributed by atoms with van der Waals surface area (Å²) in [7, 11) is 1.98. The zero-order chi connectivity index (χ0) is 11.8. The minimum Gasteiger partial charge on any atom is -0.342 e. The van der Waals surface area contributed by atoms with Gasteiger partial charge < -0.3 is 10.2 Å². The van der Waals surface area contributed by atoms with Gasteiger partial charge in [0.1, 0.15) is 0 Å². The second kappa shape index (κ2) is 4.36. The molecule has 0 radical (unpaired) electrons. The quantitative estimate of drug-likeness (QED) is 0.790. The Hall–Kier alpha value is -0.570. The number of piperidine rings is 1. The molecule has 0 aromatic rings. The van der Waals surface area contributed by atoms with Crippen LogP contribution in [0.3, 0.4) is 0 Å². The summed E-state index contributed by atoms with van der Waals surface area (Å²) in [6.45, 7) is 6.43. The van der Waals surface area contributed by atoms with Crippen LogP contribution < -0.4 is 5.32 Å². The van der Waals surface area contributed by atoms with Gasteiger partial charge in [-0.1, -0.05) is 6.92 Å². The van der Waals surface area contributed by atoms with Crippen molar-refractivity contribution in [1.29, 1.82) is 0 Å². The predicted molar refractivity (Wildman–Crippen MR) is 65.2 cm³/mol. The van der Waals surface area contributed by atoms with Crippen LogP contribution in [0, 0.1) is 11.3 Å². The van der Waals surface area contributed by atoms with Crippen molar-refractivity contribution in [2.24, 2.45) is 11.3 Å². The first-order valence-corrected chi connectivity index (χ1v) is 6.52. The molecule has 1 aliphatic carbocycles. The largest absolute Gasteiger partial charge is 0.342 e. The van der Waals surface area contributed by atoms with Crippen LogP contribution in [0.25, 0.3) is 0 Å². The third-order valence-electron chi connectivity index (χ3n) is 4.62. The molecule has 2 atom stereocenters. The van der Waals surface area contributed by atoms with Crippen LogP contribution in [0.5, 0.6) is 0 Å². The van der Waals surface area contributed by atoms with Crippen LogP contribution >= 0.6 is 0 Å². The molecule has 92 valence electrons. The van der Waals surface area contributed by atoms with Crippen LogP contribution in [-0.4, -0.2) is 37.0 Å². The maximum Gasteiger partial charge on any atom is 0.226 e. The van der Waals surface area contributed by atoms with E-state index in [0.717, 1.165) is 25.9 Å². The summed E-state index contributed by atoms with van der Waals surface area (Å²) in [5, 5.41) is 3.32. The maximum absolute atomic E-state index is 12.3. The number of carbonyl (C=O) groups is 1. The van der Waals surface area contributed by atoms with Crippen molar-refractivity contribution in [2.75, 3.05) is 20.1 Å². The molecule has 16 heavy (non-hydrogen) atoms. The first kappa shape index (κ1) is 11.9. The van der Waals surface area contributed by atoms with Gasteiger partial charge in [-0.05, 0) is 44.6 Å². The average molecular weight is 224 g/mol. The van der Waals surface area contributed by atoms with Crippen molar-refractivity contribution < 1.29 is 4.79 Å². The van der Waals surface area contributed by atoms with Gasteiger partial charge in [0.15, 0.2) is 0 Å². The van der Waals surface area contributed by atoms with Crippen LogP contribution in [0.4, 0.5) is 0 Å². The number of hydrogen-bond donors (Lipinski definition) is 1. The van der Waals surface area contributed by atoms with Crippen molar-refractivity contribution in [2.45, 2.75) is 45.6 Å². The summed E-state index contributed by atoms with van der Waals surface area (Å²) >= 11 is 0. The minimum absolute atomic E-state index is 0.212. The molecular formula is C13H24N2O. The van der Waals surface area contributed by atoms with Crippen molar-refractivity contribution >= 4 is 5.91 Å². The molecule has 0 spiro atoms. The molecule has 1 saturated carbocycles. The van der Waals surface area contributed by atoms with Gasteiger partial charge in [0.2, 0.25) is 5.91 Å². The van der Waals surface area contributed by atoms with Gasteiger partial charge in [0.25, 0.3) is 0 Å². The molecule has 3 heteroatoms. The van der Waals surface area contributed by atoms with Gasteiger partial charge in [-0.3, -0.25) is 4.79 Å². The number of carbonyl (C=O) groups excluding carboxylic acids is 1. The monoisotopic (exact) mass is 224 g/mol. The van der Waals surface area contributed by atoms with Gasteiger partial charge in [-0.2, -0.15) is 0 Å². The zero-order valence-corrected chi connectivity index (χ0v) is 10.8. The summed E-state index contributed by atoms with van der Waals surface area (Å²) in [5.74, 6) is 0.552. The Morgan fingerprint density at radius 1 is 1.50 bits per heavy atom. The molecule has 0 bridgehead atoms. The molecule has 0 aromatic heterocycles. The maximum atomic E-state index is 12.3. The van der Waals surface area contributed by atoms with E-state index in [-0.39, 0.29) is 5.92 Å². The molecule has 2 aliphatic rings. The molecular weight excluding hydrogens is 200 g/mol. The second-order valence-electron chi connectivity index (χ2n) is 5.82. The summed E-state index contributed by atoms with van der Waals surface area (Å²) in [4.78, 5) is 14.3. The lowest BCUT2D eigenvalue weighted by Gasteiger charge is -2.34. The van der Waals surface area contributed by atoms with E-state index >= 15 is 0 Å². The molecule has 1 aliphatic heterocycles. The lowest BCUT2D eigenvalue weighted by atomic mass is 9.94. The first-order chi connectivity index (χ1) is 7.54. The van der Waals surface area contributed by atoms with Crippen LogP contribution in [0.2, 0.25) is 0 Å². The molecule has 0 aromatic carbocycles. The van der Waals surface area contributed by atoms with Crippen LogP contribution in [-0.2, 0) is 4.79 Å². The SMILES string of the molecule is CC(N(C)C(=O)C1CCCNC1)C1(C)CC1. The highest BCUT2D eigenvalue weighted by atomic mass is 16.2. The fraction of sp³-hybridized carbons (Fsp3) is 0.923. The molecule has 2 unspecified atom stereocenters. The predicted octanol–water partition coefficient (Wildman–Crippen LogP) is 1.63. The normalized spacial score (nSPS) is 29.6. The molecule has 1 N–H and O–H groups in total. The number of nitrogens with one attached hydrogen (secondary N) is 1. The van der Waals surface area contributed by atoms with E-state index < -0.39 is 0 Å². The van der Waals surface area contributed by atoms with E-state index in [2.05, 4.69) is 19.2 Å². The van der Waals surface area contributed by atoms with Crippen molar-refractivity contribution in [1.82, 2.24) is 10.2 Å². The lowest BCUT2D eigenvalue weighted by molar-refractivity contribution is -0.137. The minimum atomic E-state index is 0.212. The number of nitrogens with zero attached hydrogens (tertiary/aromatic N) is 1. The van der Waals surface area contributed by atoms with Gasteiger partial charge in [0.05, 0.1) is 5.92 Å². The van der Waals surface area contributed by atoms with Gasteiger partial charge in [-0.15, -0.1) is 0 Å². The molecule has 1 heterocycles. The summed E-state index contributed by atoms with van der Waals surface area (Å²) in [6.07, 6.45) is 4.74. The number of hydrogen-bond acceptors (Lipinski definition) is 2. The van der Waals surface area contributed by atoms with E-state index in [4.69, 9.17) is 0 Å². The fourth-order valence-corrected chi connectivity index (χ4v) is 2.62. The van der Waals surface area contributed by atoms with Crippen LogP contribution in [0.15, 0.2) is 0 Å². The van der Waals surface area contributed by atoms with Crippen molar-refractivity contribution in [3.63, 3.8) is 0 Å². The van der Waals surface area contributed by atoms with E-state index in [9.17, 15) is 4.79 Å². The van der Waals surface area contributed by atoms with E-state index in [1.54, 1.807) is 0 Å². The Balaban J connectivity index is 1.92. The van der Waals surface area contributed by atoms with Crippen LogP contribution in [0.1, 0.15) is 39.5 Å². The zero-order valence-electron chi connectivity index (χ0n) is 10.8. The van der Waals surface area contributed by atoms with Gasteiger partial charge in [-0.25, -0.2) is 0 Å². The highest BCUT2D eigenvalue weighted by Crippen LogP contribution is 2.49. The lowest BCUT2D eigenvalue weighted by Crippen LogP contribution is -2.46. The fourth-order valence-electron chi connectivity index (χ4n) is 2.62. The molecule has 2 rings (SSSR count). The molecule has 1 amide bonds. The summed E-state index contributed by atoms with van der Waals surface area (Å²) < 4.78 is 0. The average Bonchev–Trinajstić information content (AvgIpc) is 3.07. The third kappa shape index (κ3) is 2.24. The van der Waals surface area contributed by atoms with E-state index in [1.165, 1.54) is 12.8 Å². The number of rotatable bonds is 3. The smallest absolute Gasteiger partial charge is 0.226 e. The number of amides is 1. The van der Waals surface area contributed by atoms with Gasteiger partial charge in [0, 0.05) is 19.6 Å². The first-order valence-electron chi connectivity index (χ1n) is 6.52. The Morgan fingerprint density at radius 3 is 2.69 bits per heavy atom. The van der Waals surface area contributed by atoms with Crippen molar-refractivity contribution in [3.8, 4) is 0 Å². The topological polar surface area (TPSA) is 32.3 Å². The summed E-state index contributed by atoms with van der Waals surface area (Å²) in [6, 6.07) is 0.391.